The SMILES string of the molecule is NCCCc1cncnc1N1CCCC1. The van der Waals surface area contributed by atoms with E-state index >= 15 is 0 Å². The molecule has 2 rings (SSSR count). The number of rotatable bonds is 4. The summed E-state index contributed by atoms with van der Waals surface area (Å²) in [5.41, 5.74) is 6.77. The monoisotopic (exact) mass is 206 g/mol. The molecule has 0 atom stereocenters. The zero-order chi connectivity index (χ0) is 10.5. The van der Waals surface area contributed by atoms with E-state index in [1.165, 1.54) is 18.4 Å². The third kappa shape index (κ3) is 2.45. The molecule has 1 aromatic heterocycles. The maximum absolute atomic E-state index is 5.53. The molecule has 0 radical (unpaired) electrons. The van der Waals surface area contributed by atoms with Crippen LogP contribution in [0.2, 0.25) is 0 Å². The van der Waals surface area contributed by atoms with Gasteiger partial charge in [-0.25, -0.2) is 9.97 Å². The Balaban J connectivity index is 2.13. The fourth-order valence-electron chi connectivity index (χ4n) is 2.03. The van der Waals surface area contributed by atoms with E-state index in [1.54, 1.807) is 6.33 Å². The van der Waals surface area contributed by atoms with Gasteiger partial charge in [-0.3, -0.25) is 0 Å². The molecule has 2 heterocycles. The summed E-state index contributed by atoms with van der Waals surface area (Å²) in [6.45, 7) is 2.99. The van der Waals surface area contributed by atoms with Gasteiger partial charge >= 0.3 is 0 Å². The summed E-state index contributed by atoms with van der Waals surface area (Å²) in [4.78, 5) is 10.8. The van der Waals surface area contributed by atoms with Crippen LogP contribution in [0.15, 0.2) is 12.5 Å². The molecule has 2 N–H and O–H groups in total. The fourth-order valence-corrected chi connectivity index (χ4v) is 2.03. The van der Waals surface area contributed by atoms with Crippen LogP contribution in [0.3, 0.4) is 0 Å². The van der Waals surface area contributed by atoms with E-state index in [9.17, 15) is 0 Å². The quantitative estimate of drug-likeness (QED) is 0.797. The third-order valence-corrected chi connectivity index (χ3v) is 2.82. The molecule has 4 heteroatoms. The minimum Gasteiger partial charge on any atom is -0.356 e. The highest BCUT2D eigenvalue weighted by Gasteiger charge is 2.16. The van der Waals surface area contributed by atoms with Crippen LogP contribution in [-0.2, 0) is 6.42 Å². The van der Waals surface area contributed by atoms with Gasteiger partial charge < -0.3 is 10.6 Å². The van der Waals surface area contributed by atoms with Gasteiger partial charge in [0.15, 0.2) is 0 Å². The molecule has 15 heavy (non-hydrogen) atoms. The van der Waals surface area contributed by atoms with Crippen molar-refractivity contribution in [3.63, 3.8) is 0 Å². The minimum absolute atomic E-state index is 0.730. The summed E-state index contributed by atoms with van der Waals surface area (Å²) in [6, 6.07) is 0. The summed E-state index contributed by atoms with van der Waals surface area (Å²) in [5.74, 6) is 1.12. The molecule has 1 aliphatic rings. The largest absolute Gasteiger partial charge is 0.356 e. The smallest absolute Gasteiger partial charge is 0.135 e. The summed E-state index contributed by atoms with van der Waals surface area (Å²) in [7, 11) is 0. The molecule has 0 aliphatic carbocycles. The van der Waals surface area contributed by atoms with Crippen molar-refractivity contribution >= 4 is 5.82 Å². The van der Waals surface area contributed by atoms with Gasteiger partial charge in [0, 0.05) is 24.8 Å². The summed E-state index contributed by atoms with van der Waals surface area (Å²) >= 11 is 0. The number of aromatic nitrogens is 2. The lowest BCUT2D eigenvalue weighted by atomic mass is 10.1. The highest BCUT2D eigenvalue weighted by Crippen LogP contribution is 2.21. The van der Waals surface area contributed by atoms with E-state index in [0.717, 1.165) is 38.3 Å². The Bertz CT molecular complexity index is 307. The van der Waals surface area contributed by atoms with Gasteiger partial charge in [-0.15, -0.1) is 0 Å². The van der Waals surface area contributed by atoms with E-state index in [0.29, 0.717) is 0 Å². The lowest BCUT2D eigenvalue weighted by molar-refractivity contribution is 0.808. The molecule has 0 saturated carbocycles. The molecule has 0 aromatic carbocycles. The first-order chi connectivity index (χ1) is 7.42. The van der Waals surface area contributed by atoms with Gasteiger partial charge in [-0.1, -0.05) is 0 Å². The van der Waals surface area contributed by atoms with Gasteiger partial charge in [-0.05, 0) is 32.2 Å². The van der Waals surface area contributed by atoms with Crippen LogP contribution in [0, 0.1) is 0 Å². The van der Waals surface area contributed by atoms with Crippen LogP contribution in [0.25, 0.3) is 0 Å². The Morgan fingerprint density at radius 3 is 2.87 bits per heavy atom. The van der Waals surface area contributed by atoms with E-state index < -0.39 is 0 Å². The number of nitrogens with zero attached hydrogens (tertiary/aromatic N) is 3. The lowest BCUT2D eigenvalue weighted by Gasteiger charge is -2.19. The van der Waals surface area contributed by atoms with Crippen molar-refractivity contribution in [2.24, 2.45) is 5.73 Å². The number of anilines is 1. The number of hydrogen-bond acceptors (Lipinski definition) is 4. The van der Waals surface area contributed by atoms with Crippen LogP contribution in [-0.4, -0.2) is 29.6 Å². The Morgan fingerprint density at radius 1 is 1.33 bits per heavy atom. The van der Waals surface area contributed by atoms with Crippen molar-refractivity contribution in [1.29, 1.82) is 0 Å². The normalized spacial score (nSPS) is 15.9. The molecule has 1 aliphatic heterocycles. The summed E-state index contributed by atoms with van der Waals surface area (Å²) in [6.07, 6.45) is 8.12. The van der Waals surface area contributed by atoms with Gasteiger partial charge in [0.25, 0.3) is 0 Å². The second-order valence-electron chi connectivity index (χ2n) is 3.96. The van der Waals surface area contributed by atoms with Crippen LogP contribution in [0.5, 0.6) is 0 Å². The standard InChI is InChI=1S/C11H18N4/c12-5-3-4-10-8-13-9-14-11(10)15-6-1-2-7-15/h8-9H,1-7,12H2. The predicted molar refractivity (Wildman–Crippen MR) is 60.9 cm³/mol. The van der Waals surface area contributed by atoms with Crippen molar-refractivity contribution in [2.45, 2.75) is 25.7 Å². The van der Waals surface area contributed by atoms with Crippen molar-refractivity contribution in [3.05, 3.63) is 18.1 Å². The van der Waals surface area contributed by atoms with Crippen LogP contribution >= 0.6 is 0 Å². The molecule has 0 bridgehead atoms. The van der Waals surface area contributed by atoms with Crippen LogP contribution in [0.4, 0.5) is 5.82 Å². The first-order valence-corrected chi connectivity index (χ1v) is 5.65. The molecule has 1 aromatic rings. The molecule has 4 nitrogen and oxygen atoms in total. The fraction of sp³-hybridized carbons (Fsp3) is 0.636. The number of nitrogens with two attached hydrogens (primary N) is 1. The lowest BCUT2D eigenvalue weighted by Crippen LogP contribution is -2.21. The van der Waals surface area contributed by atoms with E-state index in [-0.39, 0.29) is 0 Å². The summed E-state index contributed by atoms with van der Waals surface area (Å²) in [5, 5.41) is 0. The Labute approximate surface area is 90.5 Å². The van der Waals surface area contributed by atoms with Gasteiger partial charge in [0.05, 0.1) is 0 Å². The number of aryl methyl sites for hydroxylation is 1. The second kappa shape index (κ2) is 5.07. The molecular formula is C11H18N4. The average molecular weight is 206 g/mol. The second-order valence-corrected chi connectivity index (χ2v) is 3.96. The first-order valence-electron chi connectivity index (χ1n) is 5.65. The molecule has 0 amide bonds. The highest BCUT2D eigenvalue weighted by molar-refractivity contribution is 5.46. The summed E-state index contributed by atoms with van der Waals surface area (Å²) < 4.78 is 0. The molecule has 1 fully saturated rings. The van der Waals surface area contributed by atoms with E-state index in [2.05, 4.69) is 14.9 Å². The Kier molecular flexibility index (Phi) is 3.50. The van der Waals surface area contributed by atoms with Crippen molar-refractivity contribution in [1.82, 2.24) is 9.97 Å². The predicted octanol–water partition coefficient (Wildman–Crippen LogP) is 0.968. The number of hydrogen-bond donors (Lipinski definition) is 1. The highest BCUT2D eigenvalue weighted by atomic mass is 15.2. The topological polar surface area (TPSA) is 55.0 Å². The van der Waals surface area contributed by atoms with Crippen molar-refractivity contribution < 1.29 is 0 Å². The van der Waals surface area contributed by atoms with Crippen molar-refractivity contribution in [3.8, 4) is 0 Å². The van der Waals surface area contributed by atoms with Gasteiger partial charge in [0.1, 0.15) is 12.1 Å². The van der Waals surface area contributed by atoms with Crippen LogP contribution < -0.4 is 10.6 Å². The molecule has 1 saturated heterocycles. The Hall–Kier alpha value is -1.16. The third-order valence-electron chi connectivity index (χ3n) is 2.82. The molecule has 0 unspecified atom stereocenters. The molecular weight excluding hydrogens is 188 g/mol. The Morgan fingerprint density at radius 2 is 2.13 bits per heavy atom. The van der Waals surface area contributed by atoms with Crippen LogP contribution in [0.1, 0.15) is 24.8 Å². The zero-order valence-electron chi connectivity index (χ0n) is 9.02. The molecule has 0 spiro atoms. The van der Waals surface area contributed by atoms with E-state index in [4.69, 9.17) is 5.73 Å². The maximum atomic E-state index is 5.53. The first kappa shape index (κ1) is 10.4. The van der Waals surface area contributed by atoms with Crippen molar-refractivity contribution in [2.75, 3.05) is 24.5 Å². The van der Waals surface area contributed by atoms with Gasteiger partial charge in [0.2, 0.25) is 0 Å². The molecule has 82 valence electrons. The zero-order valence-corrected chi connectivity index (χ0v) is 9.02. The minimum atomic E-state index is 0.730. The van der Waals surface area contributed by atoms with Gasteiger partial charge in [-0.2, -0.15) is 0 Å². The average Bonchev–Trinajstić information content (AvgIpc) is 2.80. The van der Waals surface area contributed by atoms with E-state index in [1.807, 2.05) is 6.20 Å². The maximum Gasteiger partial charge on any atom is 0.135 e.